The van der Waals surface area contributed by atoms with Gasteiger partial charge in [0.05, 0.1) is 0 Å². The average molecular weight is 145 g/mol. The normalized spacial score (nSPS) is 10.7. The van der Waals surface area contributed by atoms with Crippen LogP contribution in [0.15, 0.2) is 0 Å². The zero-order chi connectivity index (χ0) is 7.11. The van der Waals surface area contributed by atoms with Gasteiger partial charge in [0.15, 0.2) is 0 Å². The SMILES string of the molecule is CCC[SiH](CCC)NC. The van der Waals surface area contributed by atoms with Crippen molar-refractivity contribution in [1.82, 2.24) is 4.98 Å². The van der Waals surface area contributed by atoms with Crippen LogP contribution in [0.2, 0.25) is 12.1 Å². The molecule has 0 aliphatic carbocycles. The van der Waals surface area contributed by atoms with E-state index in [1.54, 1.807) is 0 Å². The highest BCUT2D eigenvalue weighted by molar-refractivity contribution is 6.55. The zero-order valence-electron chi connectivity index (χ0n) is 6.91. The lowest BCUT2D eigenvalue weighted by Crippen LogP contribution is -2.29. The Hall–Kier alpha value is 0.177. The Balaban J connectivity index is 3.18. The van der Waals surface area contributed by atoms with Gasteiger partial charge in [-0.05, 0) is 19.1 Å². The second-order valence-corrected chi connectivity index (χ2v) is 5.69. The maximum absolute atomic E-state index is 3.44. The Morgan fingerprint density at radius 2 is 1.56 bits per heavy atom. The maximum Gasteiger partial charge on any atom is 0.108 e. The molecule has 0 bridgehead atoms. The maximum atomic E-state index is 3.44. The first-order valence-electron chi connectivity index (χ1n) is 4.02. The van der Waals surface area contributed by atoms with Crippen molar-refractivity contribution >= 4 is 8.96 Å². The van der Waals surface area contributed by atoms with Gasteiger partial charge in [-0.25, -0.2) is 0 Å². The predicted octanol–water partition coefficient (Wildman–Crippen LogP) is 1.75. The van der Waals surface area contributed by atoms with Crippen molar-refractivity contribution in [3.63, 3.8) is 0 Å². The summed E-state index contributed by atoms with van der Waals surface area (Å²) in [7, 11) is 1.65. The van der Waals surface area contributed by atoms with Crippen molar-refractivity contribution < 1.29 is 0 Å². The molecule has 56 valence electrons. The van der Waals surface area contributed by atoms with Gasteiger partial charge in [0.25, 0.3) is 0 Å². The molecule has 0 aliphatic heterocycles. The van der Waals surface area contributed by atoms with E-state index < -0.39 is 8.96 Å². The summed E-state index contributed by atoms with van der Waals surface area (Å²) in [5, 5.41) is 0. The van der Waals surface area contributed by atoms with Crippen LogP contribution in [-0.4, -0.2) is 16.0 Å². The Bertz CT molecular complexity index is 50.9. The average Bonchev–Trinajstić information content (AvgIpc) is 1.88. The highest BCUT2D eigenvalue weighted by Gasteiger charge is 2.03. The second-order valence-electron chi connectivity index (χ2n) is 2.56. The highest BCUT2D eigenvalue weighted by Crippen LogP contribution is 2.01. The van der Waals surface area contributed by atoms with Crippen LogP contribution in [-0.2, 0) is 0 Å². The van der Waals surface area contributed by atoms with Gasteiger partial charge < -0.3 is 4.98 Å². The molecule has 0 saturated heterocycles. The smallest absolute Gasteiger partial charge is 0.108 e. The number of hydrogen-bond acceptors (Lipinski definition) is 1. The first kappa shape index (κ1) is 9.18. The summed E-state index contributed by atoms with van der Waals surface area (Å²) in [5.74, 6) is 0. The van der Waals surface area contributed by atoms with Crippen LogP contribution >= 0.6 is 0 Å². The standard InChI is InChI=1S/C7H19NSi/c1-4-6-9(8-3)7-5-2/h8-9H,4-7H2,1-3H3. The van der Waals surface area contributed by atoms with Gasteiger partial charge >= 0.3 is 0 Å². The third-order valence-electron chi connectivity index (χ3n) is 1.68. The molecule has 2 heteroatoms. The molecule has 0 aliphatic rings. The van der Waals surface area contributed by atoms with Crippen LogP contribution in [0.25, 0.3) is 0 Å². The van der Waals surface area contributed by atoms with Crippen molar-refractivity contribution in [1.29, 1.82) is 0 Å². The van der Waals surface area contributed by atoms with E-state index in [-0.39, 0.29) is 0 Å². The van der Waals surface area contributed by atoms with Gasteiger partial charge in [-0.15, -0.1) is 0 Å². The molecule has 0 unspecified atom stereocenters. The summed E-state index contributed by atoms with van der Waals surface area (Å²) in [4.78, 5) is 3.44. The Morgan fingerprint density at radius 3 is 1.78 bits per heavy atom. The molecule has 0 amide bonds. The van der Waals surface area contributed by atoms with Crippen LogP contribution in [0.5, 0.6) is 0 Å². The molecule has 0 saturated carbocycles. The van der Waals surface area contributed by atoms with Crippen molar-refractivity contribution in [2.75, 3.05) is 7.05 Å². The van der Waals surface area contributed by atoms with Gasteiger partial charge in [-0.1, -0.05) is 26.7 Å². The fraction of sp³-hybridized carbons (Fsp3) is 1.00. The van der Waals surface area contributed by atoms with E-state index in [9.17, 15) is 0 Å². The van der Waals surface area contributed by atoms with Crippen LogP contribution in [0.4, 0.5) is 0 Å². The fourth-order valence-corrected chi connectivity index (χ4v) is 3.39. The number of hydrogen-bond donors (Lipinski definition) is 1. The molecule has 0 radical (unpaired) electrons. The second kappa shape index (κ2) is 6.30. The van der Waals surface area contributed by atoms with Crippen LogP contribution in [0.3, 0.4) is 0 Å². The monoisotopic (exact) mass is 145 g/mol. The summed E-state index contributed by atoms with van der Waals surface area (Å²) in [6.45, 7) is 4.54. The summed E-state index contributed by atoms with van der Waals surface area (Å²) in [6, 6.07) is 2.93. The molecular weight excluding hydrogens is 126 g/mol. The van der Waals surface area contributed by atoms with Gasteiger partial charge in [-0.2, -0.15) is 0 Å². The lowest BCUT2D eigenvalue weighted by Gasteiger charge is -2.10. The molecule has 1 nitrogen and oxygen atoms in total. The highest BCUT2D eigenvalue weighted by atomic mass is 28.3. The van der Waals surface area contributed by atoms with Crippen LogP contribution in [0, 0.1) is 0 Å². The molecule has 0 aromatic heterocycles. The topological polar surface area (TPSA) is 12.0 Å². The van der Waals surface area contributed by atoms with Crippen molar-refractivity contribution in [3.8, 4) is 0 Å². The van der Waals surface area contributed by atoms with E-state index in [0.717, 1.165) is 0 Å². The minimum atomic E-state index is -0.463. The molecule has 0 spiro atoms. The van der Waals surface area contributed by atoms with Gasteiger partial charge in [0.1, 0.15) is 8.96 Å². The quantitative estimate of drug-likeness (QED) is 0.581. The van der Waals surface area contributed by atoms with E-state index >= 15 is 0 Å². The molecule has 0 atom stereocenters. The summed E-state index contributed by atoms with van der Waals surface area (Å²) in [5.41, 5.74) is 0. The first-order valence-corrected chi connectivity index (χ1v) is 6.23. The lowest BCUT2D eigenvalue weighted by molar-refractivity contribution is 0.962. The van der Waals surface area contributed by atoms with E-state index in [2.05, 4.69) is 25.9 Å². The molecule has 0 fully saturated rings. The molecular formula is C7H19NSi. The minimum Gasteiger partial charge on any atom is -0.342 e. The van der Waals surface area contributed by atoms with Gasteiger partial charge in [-0.3, -0.25) is 0 Å². The largest absolute Gasteiger partial charge is 0.342 e. The Labute approximate surface area is 60.5 Å². The van der Waals surface area contributed by atoms with Crippen molar-refractivity contribution in [3.05, 3.63) is 0 Å². The minimum absolute atomic E-state index is 0.463. The summed E-state index contributed by atoms with van der Waals surface area (Å²) < 4.78 is 0. The van der Waals surface area contributed by atoms with Crippen molar-refractivity contribution in [2.24, 2.45) is 0 Å². The third kappa shape index (κ3) is 4.67. The molecule has 0 rings (SSSR count). The van der Waals surface area contributed by atoms with Crippen LogP contribution < -0.4 is 4.98 Å². The van der Waals surface area contributed by atoms with Gasteiger partial charge in [0, 0.05) is 0 Å². The molecule has 0 heterocycles. The van der Waals surface area contributed by atoms with E-state index in [1.165, 1.54) is 24.9 Å². The van der Waals surface area contributed by atoms with Gasteiger partial charge in [0.2, 0.25) is 0 Å². The first-order chi connectivity index (χ1) is 4.35. The number of rotatable bonds is 5. The molecule has 1 N–H and O–H groups in total. The van der Waals surface area contributed by atoms with E-state index in [4.69, 9.17) is 0 Å². The summed E-state index contributed by atoms with van der Waals surface area (Å²) in [6.07, 6.45) is 2.72. The Morgan fingerprint density at radius 1 is 1.11 bits per heavy atom. The lowest BCUT2D eigenvalue weighted by atomic mass is 10.6. The van der Waals surface area contributed by atoms with Crippen LogP contribution in [0.1, 0.15) is 26.7 Å². The zero-order valence-corrected chi connectivity index (χ0v) is 8.06. The van der Waals surface area contributed by atoms with E-state index in [1.807, 2.05) is 0 Å². The number of nitrogens with one attached hydrogen (secondary N) is 1. The van der Waals surface area contributed by atoms with Crippen molar-refractivity contribution in [2.45, 2.75) is 38.8 Å². The third-order valence-corrected chi connectivity index (χ3v) is 5.05. The predicted molar refractivity (Wildman–Crippen MR) is 46.4 cm³/mol. The van der Waals surface area contributed by atoms with E-state index in [0.29, 0.717) is 0 Å². The Kier molecular flexibility index (Phi) is 6.42. The fourth-order valence-electron chi connectivity index (χ4n) is 1.13. The molecule has 0 aromatic carbocycles. The molecule has 0 aromatic rings. The summed E-state index contributed by atoms with van der Waals surface area (Å²) >= 11 is 0. The molecule has 9 heavy (non-hydrogen) atoms.